The van der Waals surface area contributed by atoms with Crippen LogP contribution in [0.15, 0.2) is 47.6 Å². The van der Waals surface area contributed by atoms with Crippen LogP contribution in [0.25, 0.3) is 10.9 Å². The Morgan fingerprint density at radius 3 is 2.62 bits per heavy atom. The molecule has 5 rings (SSSR count). The van der Waals surface area contributed by atoms with Crippen LogP contribution in [0.5, 0.6) is 5.75 Å². The number of aryl methyl sites for hydroxylation is 2. The van der Waals surface area contributed by atoms with Crippen molar-refractivity contribution in [3.05, 3.63) is 59.3 Å². The highest BCUT2D eigenvalue weighted by Gasteiger charge is 2.31. The Labute approximate surface area is 200 Å². The van der Waals surface area contributed by atoms with Gasteiger partial charge in [0.1, 0.15) is 18.5 Å². The van der Waals surface area contributed by atoms with Crippen molar-refractivity contribution in [2.24, 2.45) is 12.1 Å². The second-order valence-corrected chi connectivity index (χ2v) is 8.91. The molecule has 0 spiro atoms. The summed E-state index contributed by atoms with van der Waals surface area (Å²) in [6.45, 7) is 2.20. The summed E-state index contributed by atoms with van der Waals surface area (Å²) in [7, 11) is 6.90. The first-order valence-corrected chi connectivity index (χ1v) is 11.8. The first-order valence-electron chi connectivity index (χ1n) is 11.8. The Hall–Kier alpha value is -3.61. The van der Waals surface area contributed by atoms with Crippen molar-refractivity contribution >= 4 is 34.0 Å². The van der Waals surface area contributed by atoms with Gasteiger partial charge in [-0.2, -0.15) is 9.67 Å². The monoisotopic (exact) mass is 459 g/mol. The van der Waals surface area contributed by atoms with E-state index in [4.69, 9.17) is 14.6 Å². The number of hydrogen-bond acceptors (Lipinski definition) is 6. The molecule has 2 aromatic carbocycles. The molecule has 0 fully saturated rings. The molecule has 3 heterocycles. The number of aromatic nitrogens is 1. The van der Waals surface area contributed by atoms with E-state index in [-0.39, 0.29) is 5.71 Å². The minimum Gasteiger partial charge on any atom is -0.494 e. The van der Waals surface area contributed by atoms with Gasteiger partial charge in [-0.3, -0.25) is 5.01 Å². The fourth-order valence-corrected chi connectivity index (χ4v) is 5.36. The van der Waals surface area contributed by atoms with Gasteiger partial charge in [-0.1, -0.05) is 12.1 Å². The lowest BCUT2D eigenvalue weighted by Crippen LogP contribution is -2.40. The molecule has 2 aliphatic rings. The van der Waals surface area contributed by atoms with Crippen molar-refractivity contribution in [1.82, 2.24) is 0 Å². The Morgan fingerprint density at radius 1 is 1.09 bits per heavy atom. The van der Waals surface area contributed by atoms with Crippen LogP contribution < -0.4 is 19.2 Å². The summed E-state index contributed by atoms with van der Waals surface area (Å²) < 4.78 is 13.0. The van der Waals surface area contributed by atoms with Crippen LogP contribution in [0.2, 0.25) is 0 Å². The van der Waals surface area contributed by atoms with E-state index in [1.54, 1.807) is 12.1 Å². The molecular weight excluding hydrogens is 428 g/mol. The third-order valence-corrected chi connectivity index (χ3v) is 6.96. The van der Waals surface area contributed by atoms with Crippen molar-refractivity contribution in [3.8, 4) is 5.75 Å². The lowest BCUT2D eigenvalue weighted by molar-refractivity contribution is -0.646. The number of rotatable bonds is 5. The molecule has 0 saturated heterocycles. The molecule has 0 saturated carbocycles. The molecule has 7 nitrogen and oxygen atoms in total. The van der Waals surface area contributed by atoms with E-state index in [0.717, 1.165) is 61.1 Å². The third-order valence-electron chi connectivity index (χ3n) is 6.96. The van der Waals surface area contributed by atoms with E-state index in [1.807, 2.05) is 55.1 Å². The van der Waals surface area contributed by atoms with Gasteiger partial charge in [0.15, 0.2) is 0 Å². The number of esters is 1. The molecule has 0 unspecified atom stereocenters. The van der Waals surface area contributed by atoms with Gasteiger partial charge in [0.05, 0.1) is 14.2 Å². The molecular formula is C27H31N4O3+. The van der Waals surface area contributed by atoms with E-state index >= 15 is 0 Å². The first-order chi connectivity index (χ1) is 16.5. The average molecular weight is 460 g/mol. The van der Waals surface area contributed by atoms with Crippen molar-refractivity contribution in [2.75, 3.05) is 44.3 Å². The predicted molar refractivity (Wildman–Crippen MR) is 134 cm³/mol. The van der Waals surface area contributed by atoms with E-state index in [1.165, 1.54) is 23.9 Å². The molecule has 0 bridgehead atoms. The summed E-state index contributed by atoms with van der Waals surface area (Å²) in [5.41, 5.74) is 6.72. The highest BCUT2D eigenvalue weighted by atomic mass is 16.5. The van der Waals surface area contributed by atoms with Crippen molar-refractivity contribution in [1.29, 1.82) is 0 Å². The first kappa shape index (κ1) is 22.2. The average Bonchev–Trinajstić information content (AvgIpc) is 2.87. The fourth-order valence-electron chi connectivity index (χ4n) is 5.36. The summed E-state index contributed by atoms with van der Waals surface area (Å²) >= 11 is 0. The van der Waals surface area contributed by atoms with E-state index in [2.05, 4.69) is 11.0 Å². The number of pyridine rings is 1. The van der Waals surface area contributed by atoms with Gasteiger partial charge in [0.2, 0.25) is 16.9 Å². The van der Waals surface area contributed by atoms with Gasteiger partial charge in [0, 0.05) is 48.9 Å². The molecule has 2 aliphatic heterocycles. The van der Waals surface area contributed by atoms with Crippen LogP contribution in [0, 0.1) is 0 Å². The minimum atomic E-state index is -0.484. The molecule has 3 aromatic rings. The smallest absolute Gasteiger partial charge is 0.365 e. The zero-order valence-electron chi connectivity index (χ0n) is 20.3. The number of ether oxygens (including phenoxy) is 2. The Morgan fingerprint density at radius 2 is 1.85 bits per heavy atom. The molecule has 0 aliphatic carbocycles. The summed E-state index contributed by atoms with van der Waals surface area (Å²) in [5.74, 6) is 0.353. The summed E-state index contributed by atoms with van der Waals surface area (Å²) in [6.07, 6.45) is 4.28. The maximum absolute atomic E-state index is 12.9. The van der Waals surface area contributed by atoms with Crippen LogP contribution in [0.1, 0.15) is 29.7 Å². The van der Waals surface area contributed by atoms with Crippen molar-refractivity contribution in [2.45, 2.75) is 25.7 Å². The number of fused-ring (bicyclic) bond motifs is 1. The second-order valence-electron chi connectivity index (χ2n) is 8.91. The number of benzene rings is 2. The number of methoxy groups -OCH3 is 2. The van der Waals surface area contributed by atoms with Crippen molar-refractivity contribution < 1.29 is 18.8 Å². The number of anilines is 2. The van der Waals surface area contributed by atoms with E-state index in [9.17, 15) is 4.79 Å². The summed E-state index contributed by atoms with van der Waals surface area (Å²) in [6, 6.07) is 14.2. The predicted octanol–water partition coefficient (Wildman–Crippen LogP) is 3.39. The van der Waals surface area contributed by atoms with Gasteiger partial charge in [0.25, 0.3) is 0 Å². The standard InChI is InChI=1S/C27H31N4O3/c1-29-21-12-6-5-9-18(21)13-14-22(29)24(27(32)34-4)28-30(2)23-17-19-10-7-15-31-16-8-11-20(25(19)31)26(23)33-3/h5-6,9,12-14,17H,7-8,10-11,15-16H2,1-4H3/q+1. The minimum absolute atomic E-state index is 0.244. The molecule has 7 heteroatoms. The highest BCUT2D eigenvalue weighted by Crippen LogP contribution is 2.45. The maximum atomic E-state index is 12.9. The van der Waals surface area contributed by atoms with Gasteiger partial charge in [-0.15, -0.1) is 0 Å². The zero-order chi connectivity index (χ0) is 23.8. The Bertz CT molecular complexity index is 1300. The maximum Gasteiger partial charge on any atom is 0.365 e. The van der Waals surface area contributed by atoms with Gasteiger partial charge < -0.3 is 14.4 Å². The van der Waals surface area contributed by atoms with Gasteiger partial charge in [-0.05, 0) is 49.4 Å². The normalized spacial score (nSPS) is 15.2. The molecule has 1 aromatic heterocycles. The lowest BCUT2D eigenvalue weighted by atomic mass is 9.90. The van der Waals surface area contributed by atoms with Gasteiger partial charge in [-0.25, -0.2) is 4.79 Å². The quantitative estimate of drug-likeness (QED) is 0.253. The largest absolute Gasteiger partial charge is 0.494 e. The number of nitrogens with zero attached hydrogens (tertiary/aromatic N) is 4. The number of hydrogen-bond donors (Lipinski definition) is 0. The van der Waals surface area contributed by atoms with Crippen LogP contribution in [-0.4, -0.2) is 46.0 Å². The van der Waals surface area contributed by atoms with E-state index in [0.29, 0.717) is 5.69 Å². The SMILES string of the molecule is COC(=O)C(=NN(C)c1cc2c3c(c1OC)CCCN3CCC2)c1ccc2ccccc2[n+]1C. The fraction of sp³-hybridized carbons (Fsp3) is 0.370. The molecule has 0 amide bonds. The van der Waals surface area contributed by atoms with Crippen LogP contribution in [-0.2, 0) is 29.4 Å². The topological polar surface area (TPSA) is 58.2 Å². The molecule has 0 radical (unpaired) electrons. The molecule has 0 N–H and O–H groups in total. The lowest BCUT2D eigenvalue weighted by Gasteiger charge is -2.38. The molecule has 34 heavy (non-hydrogen) atoms. The number of hydrazone groups is 1. The second kappa shape index (κ2) is 8.97. The van der Waals surface area contributed by atoms with Gasteiger partial charge >= 0.3 is 5.97 Å². The van der Waals surface area contributed by atoms with Crippen molar-refractivity contribution in [3.63, 3.8) is 0 Å². The Kier molecular flexibility index (Phi) is 5.86. The summed E-state index contributed by atoms with van der Waals surface area (Å²) in [4.78, 5) is 15.4. The third kappa shape index (κ3) is 3.65. The van der Waals surface area contributed by atoms with Crippen LogP contribution >= 0.6 is 0 Å². The zero-order valence-corrected chi connectivity index (χ0v) is 20.3. The van der Waals surface area contributed by atoms with E-state index < -0.39 is 5.97 Å². The van der Waals surface area contributed by atoms with Crippen LogP contribution in [0.4, 0.5) is 11.4 Å². The number of para-hydroxylation sites is 1. The Balaban J connectivity index is 1.64. The molecule has 176 valence electrons. The summed E-state index contributed by atoms with van der Waals surface area (Å²) in [5, 5.41) is 7.63. The van der Waals surface area contributed by atoms with Crippen LogP contribution in [0.3, 0.4) is 0 Å². The molecule has 0 atom stereocenters. The number of carbonyl (C=O) groups excluding carboxylic acids is 1. The number of carbonyl (C=O) groups is 1. The highest BCUT2D eigenvalue weighted by molar-refractivity contribution is 6.42.